The van der Waals surface area contributed by atoms with E-state index in [1.54, 1.807) is 0 Å². The molecule has 0 atom stereocenters. The number of rotatable bonds is 4. The zero-order chi connectivity index (χ0) is 17.9. The molecule has 1 aromatic carbocycles. The number of amides is 2. The molecule has 1 N–H and O–H groups in total. The van der Waals surface area contributed by atoms with Crippen LogP contribution >= 0.6 is 12.2 Å². The molecule has 1 aromatic rings. The van der Waals surface area contributed by atoms with Crippen LogP contribution in [0.5, 0.6) is 5.75 Å². The van der Waals surface area contributed by atoms with Gasteiger partial charge in [0, 0.05) is 12.1 Å². The van der Waals surface area contributed by atoms with E-state index in [0.717, 1.165) is 17.0 Å². The van der Waals surface area contributed by atoms with Crippen molar-refractivity contribution in [3.8, 4) is 5.75 Å². The van der Waals surface area contributed by atoms with Gasteiger partial charge in [-0.2, -0.15) is 0 Å². The van der Waals surface area contributed by atoms with Gasteiger partial charge in [-0.05, 0) is 24.4 Å². The Labute approximate surface area is 140 Å². The predicted octanol–water partition coefficient (Wildman–Crippen LogP) is 2.40. The highest BCUT2D eigenvalue weighted by molar-refractivity contribution is 7.80. The summed E-state index contributed by atoms with van der Waals surface area (Å²) >= 11 is 4.89. The fourth-order valence-corrected chi connectivity index (χ4v) is 2.21. The van der Waals surface area contributed by atoms with E-state index in [9.17, 15) is 22.8 Å². The summed E-state index contributed by atoms with van der Waals surface area (Å²) in [5.74, 6) is -2.06. The molecular formula is C15H11F3N2O3S. The minimum absolute atomic E-state index is 0.0516. The number of hydrogen-bond acceptors (Lipinski definition) is 4. The first-order chi connectivity index (χ1) is 11.2. The van der Waals surface area contributed by atoms with Crippen LogP contribution in [0.15, 0.2) is 42.5 Å². The van der Waals surface area contributed by atoms with Crippen molar-refractivity contribution in [3.63, 3.8) is 0 Å². The highest BCUT2D eigenvalue weighted by atomic mass is 32.1. The van der Waals surface area contributed by atoms with E-state index < -0.39 is 23.9 Å². The summed E-state index contributed by atoms with van der Waals surface area (Å²) < 4.78 is 41.2. The fraction of sp³-hybridized carbons (Fsp3) is 0.133. The quantitative estimate of drug-likeness (QED) is 0.390. The second-order valence-electron chi connectivity index (χ2n) is 4.61. The number of thiocarbonyl (C=S) groups is 1. The molecule has 0 aliphatic carbocycles. The molecule has 2 rings (SSSR count). The van der Waals surface area contributed by atoms with Crippen molar-refractivity contribution in [2.24, 2.45) is 0 Å². The highest BCUT2D eigenvalue weighted by Crippen LogP contribution is 2.28. The van der Waals surface area contributed by atoms with Crippen LogP contribution in [-0.4, -0.2) is 34.7 Å². The topological polar surface area (TPSA) is 58.6 Å². The second-order valence-corrected chi connectivity index (χ2v) is 4.99. The molecule has 0 aromatic heterocycles. The molecule has 0 saturated carbocycles. The normalized spacial score (nSPS) is 17.0. The van der Waals surface area contributed by atoms with E-state index >= 15 is 0 Å². The van der Waals surface area contributed by atoms with Crippen LogP contribution in [0.1, 0.15) is 5.56 Å². The van der Waals surface area contributed by atoms with Crippen molar-refractivity contribution in [1.82, 2.24) is 10.2 Å². The molecule has 1 aliphatic heterocycles. The number of ether oxygens (including phenoxy) is 1. The van der Waals surface area contributed by atoms with Gasteiger partial charge < -0.3 is 4.74 Å². The summed E-state index contributed by atoms with van der Waals surface area (Å²) in [4.78, 5) is 25.4. The number of benzene rings is 1. The maximum absolute atomic E-state index is 12.4. The summed E-state index contributed by atoms with van der Waals surface area (Å²) in [5, 5.41) is 2.21. The molecule has 1 aliphatic rings. The number of alkyl halides is 3. The third-order valence-electron chi connectivity index (χ3n) is 2.94. The van der Waals surface area contributed by atoms with Crippen LogP contribution in [-0.2, 0) is 9.59 Å². The number of halogens is 3. The van der Waals surface area contributed by atoms with E-state index in [2.05, 4.69) is 16.6 Å². The van der Waals surface area contributed by atoms with Crippen LogP contribution in [0.3, 0.4) is 0 Å². The van der Waals surface area contributed by atoms with Gasteiger partial charge in [0.15, 0.2) is 5.11 Å². The first-order valence-electron chi connectivity index (χ1n) is 6.57. The Morgan fingerprint density at radius 1 is 1.29 bits per heavy atom. The molecule has 1 saturated heterocycles. The lowest BCUT2D eigenvalue weighted by Crippen LogP contribution is -2.53. The maximum atomic E-state index is 12.4. The van der Waals surface area contributed by atoms with Gasteiger partial charge in [-0.3, -0.25) is 19.8 Å². The van der Waals surface area contributed by atoms with Gasteiger partial charge in [0.25, 0.3) is 11.8 Å². The Balaban J connectivity index is 2.43. The maximum Gasteiger partial charge on any atom is 0.573 e. The molecule has 2 amide bonds. The first kappa shape index (κ1) is 17.7. The Bertz CT molecular complexity index is 744. The van der Waals surface area contributed by atoms with E-state index in [-0.39, 0.29) is 22.8 Å². The summed E-state index contributed by atoms with van der Waals surface area (Å²) in [6, 6.07) is 5.16. The van der Waals surface area contributed by atoms with Crippen LogP contribution in [0.4, 0.5) is 13.2 Å². The van der Waals surface area contributed by atoms with Crippen LogP contribution < -0.4 is 10.1 Å². The monoisotopic (exact) mass is 356 g/mol. The van der Waals surface area contributed by atoms with E-state index in [1.807, 2.05) is 0 Å². The van der Waals surface area contributed by atoms with Crippen molar-refractivity contribution >= 4 is 35.2 Å². The molecule has 0 bridgehead atoms. The molecule has 126 valence electrons. The fourth-order valence-electron chi connectivity index (χ4n) is 1.96. The number of nitrogens with zero attached hydrogens (tertiary/aromatic N) is 1. The molecule has 0 spiro atoms. The Kier molecular flexibility index (Phi) is 5.03. The van der Waals surface area contributed by atoms with E-state index in [0.29, 0.717) is 0 Å². The Morgan fingerprint density at radius 2 is 1.96 bits per heavy atom. The van der Waals surface area contributed by atoms with E-state index in [1.165, 1.54) is 24.3 Å². The van der Waals surface area contributed by atoms with Gasteiger partial charge in [-0.1, -0.05) is 24.3 Å². The SMILES string of the molecule is C=CCN1C(=O)C(=Cc2ccccc2OC(F)(F)F)C(=O)NC1=S. The average Bonchev–Trinajstić information content (AvgIpc) is 2.48. The number of carbonyl (C=O) groups excluding carboxylic acids is 2. The Morgan fingerprint density at radius 3 is 2.58 bits per heavy atom. The average molecular weight is 356 g/mol. The molecule has 1 heterocycles. The van der Waals surface area contributed by atoms with Crippen molar-refractivity contribution in [1.29, 1.82) is 0 Å². The zero-order valence-electron chi connectivity index (χ0n) is 12.1. The van der Waals surface area contributed by atoms with E-state index in [4.69, 9.17) is 12.2 Å². The zero-order valence-corrected chi connectivity index (χ0v) is 12.9. The third-order valence-corrected chi connectivity index (χ3v) is 3.26. The van der Waals surface area contributed by atoms with Gasteiger partial charge >= 0.3 is 6.36 Å². The molecule has 0 unspecified atom stereocenters. The molecule has 1 fully saturated rings. The predicted molar refractivity (Wildman–Crippen MR) is 83.8 cm³/mol. The van der Waals surface area contributed by atoms with Gasteiger partial charge in [-0.15, -0.1) is 19.8 Å². The van der Waals surface area contributed by atoms with Crippen molar-refractivity contribution in [2.45, 2.75) is 6.36 Å². The summed E-state index contributed by atoms with van der Waals surface area (Å²) in [6.07, 6.45) is -2.47. The number of hydrogen-bond donors (Lipinski definition) is 1. The molecule has 0 radical (unpaired) electrons. The largest absolute Gasteiger partial charge is 0.573 e. The summed E-state index contributed by atoms with van der Waals surface area (Å²) in [5.41, 5.74) is -0.427. The number of para-hydroxylation sites is 1. The van der Waals surface area contributed by atoms with Gasteiger partial charge in [0.05, 0.1) is 0 Å². The van der Waals surface area contributed by atoms with Crippen molar-refractivity contribution in [2.75, 3.05) is 6.54 Å². The summed E-state index contributed by atoms with van der Waals surface area (Å²) in [6.45, 7) is 3.53. The standard InChI is InChI=1S/C15H11F3N2O3S/c1-2-7-20-13(22)10(12(21)19-14(20)24)8-9-5-3-4-6-11(9)23-15(16,17)18/h2-6,8H,1,7H2,(H,19,21,24). The molecule has 5 nitrogen and oxygen atoms in total. The first-order valence-corrected chi connectivity index (χ1v) is 6.98. The van der Waals surface area contributed by atoms with Gasteiger partial charge in [0.2, 0.25) is 0 Å². The minimum atomic E-state index is -4.90. The van der Waals surface area contributed by atoms with Crippen LogP contribution in [0, 0.1) is 0 Å². The molecular weight excluding hydrogens is 345 g/mol. The molecule has 24 heavy (non-hydrogen) atoms. The minimum Gasteiger partial charge on any atom is -0.405 e. The molecule has 9 heteroatoms. The van der Waals surface area contributed by atoms with Crippen molar-refractivity contribution < 1.29 is 27.5 Å². The smallest absolute Gasteiger partial charge is 0.405 e. The van der Waals surface area contributed by atoms with Gasteiger partial charge in [-0.25, -0.2) is 0 Å². The third kappa shape index (κ3) is 3.99. The van der Waals surface area contributed by atoms with Crippen LogP contribution in [0.2, 0.25) is 0 Å². The Hall–Kier alpha value is -2.68. The lowest BCUT2D eigenvalue weighted by atomic mass is 10.1. The van der Waals surface area contributed by atoms with Crippen molar-refractivity contribution in [3.05, 3.63) is 48.1 Å². The highest BCUT2D eigenvalue weighted by Gasteiger charge is 2.34. The van der Waals surface area contributed by atoms with Crippen LogP contribution in [0.25, 0.3) is 6.08 Å². The lowest BCUT2D eigenvalue weighted by Gasteiger charge is -2.27. The summed E-state index contributed by atoms with van der Waals surface area (Å²) in [7, 11) is 0. The second kappa shape index (κ2) is 6.83. The van der Waals surface area contributed by atoms with Gasteiger partial charge in [0.1, 0.15) is 11.3 Å². The lowest BCUT2D eigenvalue weighted by molar-refractivity contribution is -0.274. The number of nitrogens with one attached hydrogen (secondary N) is 1. The number of carbonyl (C=O) groups is 2.